The molecule has 0 bridgehead atoms. The zero-order chi connectivity index (χ0) is 17.5. The number of rotatable bonds is 8. The summed E-state index contributed by atoms with van der Waals surface area (Å²) in [5.74, 6) is 0.208. The molecule has 1 aromatic rings. The van der Waals surface area contributed by atoms with E-state index in [0.29, 0.717) is 32.0 Å². The van der Waals surface area contributed by atoms with Crippen molar-refractivity contribution in [2.45, 2.75) is 13.3 Å². The van der Waals surface area contributed by atoms with Crippen LogP contribution in [0.3, 0.4) is 0 Å². The van der Waals surface area contributed by atoms with Gasteiger partial charge < -0.3 is 14.5 Å². The zero-order valence-corrected chi connectivity index (χ0v) is 14.1. The SMILES string of the molecule is C=CCN(CC=C)C(=O)C1CC(=O)N(c2ccccc2OCC)C1. The fourth-order valence-electron chi connectivity index (χ4n) is 2.89. The van der Waals surface area contributed by atoms with Crippen molar-refractivity contribution in [1.29, 1.82) is 0 Å². The molecule has 0 radical (unpaired) electrons. The minimum Gasteiger partial charge on any atom is -0.492 e. The Morgan fingerprint density at radius 3 is 2.62 bits per heavy atom. The fraction of sp³-hybridized carbons (Fsp3) is 0.368. The van der Waals surface area contributed by atoms with E-state index in [0.717, 1.165) is 5.69 Å². The Kier molecular flexibility index (Phi) is 6.18. The van der Waals surface area contributed by atoms with Crippen LogP contribution < -0.4 is 9.64 Å². The van der Waals surface area contributed by atoms with E-state index in [4.69, 9.17) is 4.74 Å². The van der Waals surface area contributed by atoms with Crippen molar-refractivity contribution in [3.8, 4) is 5.75 Å². The van der Waals surface area contributed by atoms with Crippen molar-refractivity contribution < 1.29 is 14.3 Å². The summed E-state index contributed by atoms with van der Waals surface area (Å²) in [6.45, 7) is 11.0. The maximum Gasteiger partial charge on any atom is 0.228 e. The molecular weight excluding hydrogens is 304 g/mol. The summed E-state index contributed by atoms with van der Waals surface area (Å²) in [6.07, 6.45) is 3.57. The highest BCUT2D eigenvalue weighted by Gasteiger charge is 2.37. The topological polar surface area (TPSA) is 49.9 Å². The number of ether oxygens (including phenoxy) is 1. The molecule has 1 unspecified atom stereocenters. The van der Waals surface area contributed by atoms with Crippen LogP contribution in [0.4, 0.5) is 5.69 Å². The van der Waals surface area contributed by atoms with Crippen LogP contribution in [0.25, 0.3) is 0 Å². The maximum absolute atomic E-state index is 12.7. The van der Waals surface area contributed by atoms with E-state index < -0.39 is 0 Å². The molecule has 1 fully saturated rings. The minimum atomic E-state index is -0.355. The summed E-state index contributed by atoms with van der Waals surface area (Å²) in [5.41, 5.74) is 0.721. The molecular formula is C19H24N2O3. The van der Waals surface area contributed by atoms with Crippen LogP contribution in [0.1, 0.15) is 13.3 Å². The quantitative estimate of drug-likeness (QED) is 0.689. The molecule has 1 aliphatic rings. The lowest BCUT2D eigenvalue weighted by Crippen LogP contribution is -2.37. The highest BCUT2D eigenvalue weighted by atomic mass is 16.5. The first-order chi connectivity index (χ1) is 11.6. The molecule has 24 heavy (non-hydrogen) atoms. The number of carbonyl (C=O) groups excluding carboxylic acids is 2. The Bertz CT molecular complexity index is 617. The van der Waals surface area contributed by atoms with Gasteiger partial charge in [0.1, 0.15) is 5.75 Å². The second-order valence-electron chi connectivity index (χ2n) is 5.63. The van der Waals surface area contributed by atoms with Crippen molar-refractivity contribution in [3.63, 3.8) is 0 Å². The third-order valence-electron chi connectivity index (χ3n) is 3.94. The number of hydrogen-bond donors (Lipinski definition) is 0. The maximum atomic E-state index is 12.7. The Hall–Kier alpha value is -2.56. The van der Waals surface area contributed by atoms with E-state index in [2.05, 4.69) is 13.2 Å². The second kappa shape index (κ2) is 8.34. The van der Waals surface area contributed by atoms with Gasteiger partial charge in [-0.3, -0.25) is 9.59 Å². The van der Waals surface area contributed by atoms with Gasteiger partial charge in [-0.1, -0.05) is 24.3 Å². The summed E-state index contributed by atoms with van der Waals surface area (Å²) in [4.78, 5) is 28.4. The van der Waals surface area contributed by atoms with Crippen LogP contribution >= 0.6 is 0 Å². The van der Waals surface area contributed by atoms with Crippen molar-refractivity contribution in [2.75, 3.05) is 31.1 Å². The Morgan fingerprint density at radius 2 is 2.00 bits per heavy atom. The van der Waals surface area contributed by atoms with Gasteiger partial charge in [0.2, 0.25) is 11.8 Å². The minimum absolute atomic E-state index is 0.0421. The monoisotopic (exact) mass is 328 g/mol. The van der Waals surface area contributed by atoms with Crippen LogP contribution in [0.5, 0.6) is 5.75 Å². The lowest BCUT2D eigenvalue weighted by molar-refractivity contribution is -0.134. The molecule has 1 atom stereocenters. The summed E-state index contributed by atoms with van der Waals surface area (Å²) in [6, 6.07) is 7.42. The van der Waals surface area contributed by atoms with Gasteiger partial charge in [-0.2, -0.15) is 0 Å². The number of anilines is 1. The van der Waals surface area contributed by atoms with E-state index in [-0.39, 0.29) is 24.2 Å². The number of hydrogen-bond acceptors (Lipinski definition) is 3. The van der Waals surface area contributed by atoms with Crippen molar-refractivity contribution in [3.05, 3.63) is 49.6 Å². The molecule has 0 saturated carbocycles. The van der Waals surface area contributed by atoms with E-state index >= 15 is 0 Å². The molecule has 0 N–H and O–H groups in total. The van der Waals surface area contributed by atoms with Gasteiger partial charge >= 0.3 is 0 Å². The van der Waals surface area contributed by atoms with Crippen LogP contribution in [0, 0.1) is 5.92 Å². The fourth-order valence-corrected chi connectivity index (χ4v) is 2.89. The summed E-state index contributed by atoms with van der Waals surface area (Å²) in [5, 5.41) is 0. The lowest BCUT2D eigenvalue weighted by Gasteiger charge is -2.23. The van der Waals surface area contributed by atoms with Crippen molar-refractivity contribution >= 4 is 17.5 Å². The number of para-hydroxylation sites is 2. The smallest absolute Gasteiger partial charge is 0.228 e. The van der Waals surface area contributed by atoms with E-state index in [1.54, 1.807) is 22.0 Å². The lowest BCUT2D eigenvalue weighted by atomic mass is 10.1. The summed E-state index contributed by atoms with van der Waals surface area (Å²) >= 11 is 0. The van der Waals surface area contributed by atoms with E-state index in [1.165, 1.54) is 0 Å². The van der Waals surface area contributed by atoms with Crippen LogP contribution in [0.15, 0.2) is 49.6 Å². The number of amides is 2. The van der Waals surface area contributed by atoms with Gasteiger partial charge in [-0.25, -0.2) is 0 Å². The second-order valence-corrected chi connectivity index (χ2v) is 5.63. The largest absolute Gasteiger partial charge is 0.492 e. The third-order valence-corrected chi connectivity index (χ3v) is 3.94. The van der Waals surface area contributed by atoms with Crippen molar-refractivity contribution in [2.24, 2.45) is 5.92 Å². The van der Waals surface area contributed by atoms with Gasteiger partial charge in [0.25, 0.3) is 0 Å². The van der Waals surface area contributed by atoms with E-state index in [9.17, 15) is 9.59 Å². The molecule has 1 saturated heterocycles. The first kappa shape index (κ1) is 17.8. The average molecular weight is 328 g/mol. The summed E-state index contributed by atoms with van der Waals surface area (Å²) < 4.78 is 5.60. The standard InChI is InChI=1S/C19H24N2O3/c1-4-11-20(12-5-2)19(23)15-13-18(22)21(14-15)16-9-7-8-10-17(16)24-6-3/h4-5,7-10,15H,1-2,6,11-14H2,3H3. The van der Waals surface area contributed by atoms with Crippen LogP contribution in [0.2, 0.25) is 0 Å². The highest BCUT2D eigenvalue weighted by molar-refractivity contribution is 6.01. The molecule has 0 aliphatic carbocycles. The molecule has 5 nitrogen and oxygen atoms in total. The van der Waals surface area contributed by atoms with Crippen LogP contribution in [-0.2, 0) is 9.59 Å². The predicted octanol–water partition coefficient (Wildman–Crippen LogP) is 2.64. The third kappa shape index (κ3) is 3.85. The number of benzene rings is 1. The average Bonchev–Trinajstić information content (AvgIpc) is 2.96. The Labute approximate surface area is 143 Å². The molecule has 128 valence electrons. The van der Waals surface area contributed by atoms with Gasteiger partial charge in [-0.05, 0) is 19.1 Å². The van der Waals surface area contributed by atoms with Gasteiger partial charge in [0.05, 0.1) is 18.2 Å². The van der Waals surface area contributed by atoms with Crippen molar-refractivity contribution in [1.82, 2.24) is 4.90 Å². The molecule has 0 aromatic heterocycles. The molecule has 0 spiro atoms. The van der Waals surface area contributed by atoms with E-state index in [1.807, 2.05) is 31.2 Å². The Morgan fingerprint density at radius 1 is 1.33 bits per heavy atom. The van der Waals surface area contributed by atoms with Gasteiger partial charge in [0, 0.05) is 26.1 Å². The highest BCUT2D eigenvalue weighted by Crippen LogP contribution is 2.33. The zero-order valence-electron chi connectivity index (χ0n) is 14.1. The normalized spacial score (nSPS) is 16.8. The number of nitrogens with zero attached hydrogens (tertiary/aromatic N) is 2. The molecule has 5 heteroatoms. The Balaban J connectivity index is 2.17. The number of carbonyl (C=O) groups is 2. The summed E-state index contributed by atoms with van der Waals surface area (Å²) in [7, 11) is 0. The molecule has 1 heterocycles. The molecule has 1 aromatic carbocycles. The first-order valence-electron chi connectivity index (χ1n) is 8.15. The predicted molar refractivity (Wildman–Crippen MR) is 95.0 cm³/mol. The van der Waals surface area contributed by atoms with Gasteiger partial charge in [0.15, 0.2) is 0 Å². The molecule has 2 amide bonds. The van der Waals surface area contributed by atoms with Gasteiger partial charge in [-0.15, -0.1) is 13.2 Å². The first-order valence-corrected chi connectivity index (χ1v) is 8.15. The molecule has 2 rings (SSSR count). The van der Waals surface area contributed by atoms with Crippen LogP contribution in [-0.4, -0.2) is 43.0 Å². The molecule has 1 aliphatic heterocycles.